The number of carbonyl (C=O) groups excluding carboxylic acids is 3. The lowest BCUT2D eigenvalue weighted by molar-refractivity contribution is -0.141. The summed E-state index contributed by atoms with van der Waals surface area (Å²) >= 11 is 3.92. The first-order valence-electron chi connectivity index (χ1n) is 9.09. The second-order valence-corrected chi connectivity index (χ2v) is 7.24. The predicted molar refractivity (Wildman–Crippen MR) is 108 cm³/mol. The zero-order valence-corrected chi connectivity index (χ0v) is 17.2. The van der Waals surface area contributed by atoms with Gasteiger partial charge in [-0.25, -0.2) is 9.78 Å². The molecule has 0 saturated heterocycles. The number of thiol groups is 1. The molecule has 0 aliphatic rings. The van der Waals surface area contributed by atoms with Crippen molar-refractivity contribution in [3.05, 3.63) is 18.2 Å². The molecule has 1 aromatic heterocycles. The molecule has 0 bridgehead atoms. The maximum absolute atomic E-state index is 12.8. The average molecular weight is 429 g/mol. The molecule has 3 unspecified atom stereocenters. The Hall–Kier alpha value is -2.60. The number of aromatic amines is 1. The average Bonchev–Trinajstić information content (AvgIpc) is 3.16. The number of hydrogen-bond donors (Lipinski definition) is 7. The zero-order valence-electron chi connectivity index (χ0n) is 16.3. The van der Waals surface area contributed by atoms with Crippen molar-refractivity contribution in [3.8, 4) is 0 Å². The number of aliphatic carboxylic acids is 1. The van der Waals surface area contributed by atoms with Gasteiger partial charge >= 0.3 is 5.97 Å². The maximum Gasteiger partial charge on any atom is 0.327 e. The molecular formula is C17H28N6O5S. The fraction of sp³-hybridized carbons (Fsp3) is 0.588. The quantitative estimate of drug-likeness (QED) is 0.196. The molecule has 3 atom stereocenters. The molecule has 0 fully saturated rings. The van der Waals surface area contributed by atoms with Gasteiger partial charge in [0.05, 0.1) is 12.9 Å². The largest absolute Gasteiger partial charge is 0.480 e. The molecule has 1 aromatic rings. The molecule has 0 spiro atoms. The summed E-state index contributed by atoms with van der Waals surface area (Å²) in [6.45, 7) is 3.42. The highest BCUT2D eigenvalue weighted by Gasteiger charge is 2.29. The Labute approximate surface area is 174 Å². The molecule has 0 aliphatic carbocycles. The van der Waals surface area contributed by atoms with Gasteiger partial charge in [0.1, 0.15) is 18.1 Å². The van der Waals surface area contributed by atoms with Crippen LogP contribution in [0.1, 0.15) is 26.0 Å². The van der Waals surface area contributed by atoms with Crippen LogP contribution < -0.4 is 21.7 Å². The lowest BCUT2D eigenvalue weighted by Crippen LogP contribution is -2.57. The summed E-state index contributed by atoms with van der Waals surface area (Å²) in [5, 5.41) is 16.6. The summed E-state index contributed by atoms with van der Waals surface area (Å²) in [7, 11) is 0. The van der Waals surface area contributed by atoms with Gasteiger partial charge in [-0.1, -0.05) is 13.8 Å². The standard InChI is InChI=1S/C17H28N6O5S/c1-9(2)3-11(15(25)23-13(7-29)17(27)28)22-16(26)12(21-14(24)5-18)4-10-6-19-8-20-10/h6,8-9,11-13,29H,3-5,7,18H2,1-2H3,(H,19,20)(H,21,24)(H,22,26)(H,23,25)(H,27,28). The van der Waals surface area contributed by atoms with Crippen LogP contribution in [0.4, 0.5) is 0 Å². The summed E-state index contributed by atoms with van der Waals surface area (Å²) < 4.78 is 0. The van der Waals surface area contributed by atoms with Crippen molar-refractivity contribution in [2.75, 3.05) is 12.3 Å². The third kappa shape index (κ3) is 8.52. The van der Waals surface area contributed by atoms with E-state index in [1.54, 1.807) is 0 Å². The molecule has 3 amide bonds. The van der Waals surface area contributed by atoms with Crippen molar-refractivity contribution < 1.29 is 24.3 Å². The van der Waals surface area contributed by atoms with Crippen LogP contribution in [0.3, 0.4) is 0 Å². The van der Waals surface area contributed by atoms with Crippen LogP contribution in [0.5, 0.6) is 0 Å². The number of H-pyrrole nitrogens is 1. The van der Waals surface area contributed by atoms with Gasteiger partial charge in [0.2, 0.25) is 17.7 Å². The summed E-state index contributed by atoms with van der Waals surface area (Å²) in [5.74, 6) is -3.06. The number of amides is 3. The van der Waals surface area contributed by atoms with Crippen LogP contribution in [0.2, 0.25) is 0 Å². The van der Waals surface area contributed by atoms with E-state index in [4.69, 9.17) is 10.8 Å². The van der Waals surface area contributed by atoms with E-state index in [2.05, 4.69) is 38.5 Å². The number of aromatic nitrogens is 2. The zero-order chi connectivity index (χ0) is 22.0. The van der Waals surface area contributed by atoms with Gasteiger partial charge in [-0.15, -0.1) is 0 Å². The lowest BCUT2D eigenvalue weighted by Gasteiger charge is -2.25. The number of carboxylic acids is 1. The summed E-state index contributed by atoms with van der Waals surface area (Å²) in [4.78, 5) is 54.9. The molecule has 162 valence electrons. The van der Waals surface area contributed by atoms with E-state index in [0.29, 0.717) is 5.69 Å². The van der Waals surface area contributed by atoms with Crippen molar-refractivity contribution in [2.45, 2.75) is 44.8 Å². The predicted octanol–water partition coefficient (Wildman–Crippen LogP) is -1.57. The number of nitrogens with one attached hydrogen (secondary N) is 4. The minimum atomic E-state index is -1.23. The minimum absolute atomic E-state index is 0.0371. The molecule has 11 nitrogen and oxygen atoms in total. The summed E-state index contributed by atoms with van der Waals surface area (Å²) in [5.41, 5.74) is 5.92. The number of hydrogen-bond acceptors (Lipinski definition) is 7. The topological polar surface area (TPSA) is 179 Å². The van der Waals surface area contributed by atoms with Crippen molar-refractivity contribution in [1.82, 2.24) is 25.9 Å². The molecule has 0 aromatic carbocycles. The molecule has 29 heavy (non-hydrogen) atoms. The van der Waals surface area contributed by atoms with E-state index in [0.717, 1.165) is 0 Å². The molecule has 7 N–H and O–H groups in total. The van der Waals surface area contributed by atoms with E-state index >= 15 is 0 Å². The highest BCUT2D eigenvalue weighted by molar-refractivity contribution is 7.80. The Morgan fingerprint density at radius 3 is 2.24 bits per heavy atom. The van der Waals surface area contributed by atoms with Crippen LogP contribution in [-0.4, -0.2) is 69.2 Å². The first-order chi connectivity index (χ1) is 13.7. The van der Waals surface area contributed by atoms with Gasteiger partial charge in [0.15, 0.2) is 0 Å². The van der Waals surface area contributed by atoms with E-state index in [1.165, 1.54) is 12.5 Å². The second-order valence-electron chi connectivity index (χ2n) is 6.88. The number of carboxylic acid groups (broad SMARTS) is 1. The summed E-state index contributed by atoms with van der Waals surface area (Å²) in [6.07, 6.45) is 3.34. The van der Waals surface area contributed by atoms with Crippen molar-refractivity contribution in [2.24, 2.45) is 11.7 Å². The lowest BCUT2D eigenvalue weighted by atomic mass is 10.0. The first kappa shape index (κ1) is 24.4. The molecule has 0 aliphatic heterocycles. The SMILES string of the molecule is CC(C)CC(NC(=O)C(Cc1cnc[nH]1)NC(=O)CN)C(=O)NC(CS)C(=O)O. The number of nitrogens with two attached hydrogens (primary N) is 1. The van der Waals surface area contributed by atoms with Crippen molar-refractivity contribution in [1.29, 1.82) is 0 Å². The van der Waals surface area contributed by atoms with Crippen molar-refractivity contribution in [3.63, 3.8) is 0 Å². The van der Waals surface area contributed by atoms with E-state index in [-0.39, 0.29) is 31.1 Å². The molecule has 1 rings (SSSR count). The Kier molecular flexibility index (Phi) is 10.2. The third-order valence-electron chi connectivity index (χ3n) is 3.95. The Balaban J connectivity index is 2.93. The van der Waals surface area contributed by atoms with Gasteiger partial charge in [-0.2, -0.15) is 12.6 Å². The molecule has 12 heteroatoms. The first-order valence-corrected chi connectivity index (χ1v) is 9.72. The van der Waals surface area contributed by atoms with Crippen LogP contribution in [-0.2, 0) is 25.6 Å². The highest BCUT2D eigenvalue weighted by Crippen LogP contribution is 2.07. The summed E-state index contributed by atoms with van der Waals surface area (Å²) in [6, 6.07) is -3.16. The third-order valence-corrected chi connectivity index (χ3v) is 4.32. The van der Waals surface area contributed by atoms with Crippen LogP contribution in [0.25, 0.3) is 0 Å². The van der Waals surface area contributed by atoms with Crippen molar-refractivity contribution >= 4 is 36.3 Å². The van der Waals surface area contributed by atoms with Gasteiger partial charge < -0.3 is 31.8 Å². The number of nitrogens with zero attached hydrogens (tertiary/aromatic N) is 1. The second kappa shape index (κ2) is 12.1. The Morgan fingerprint density at radius 1 is 1.14 bits per heavy atom. The monoisotopic (exact) mass is 428 g/mol. The van der Waals surface area contributed by atoms with Gasteiger partial charge in [-0.3, -0.25) is 14.4 Å². The van der Waals surface area contributed by atoms with Gasteiger partial charge in [0, 0.05) is 24.1 Å². The van der Waals surface area contributed by atoms with Crippen LogP contribution >= 0.6 is 12.6 Å². The normalized spacial score (nSPS) is 14.0. The fourth-order valence-corrected chi connectivity index (χ4v) is 2.76. The fourth-order valence-electron chi connectivity index (χ4n) is 2.51. The smallest absolute Gasteiger partial charge is 0.327 e. The van der Waals surface area contributed by atoms with Gasteiger partial charge in [0.25, 0.3) is 0 Å². The number of rotatable bonds is 12. The molecular weight excluding hydrogens is 400 g/mol. The van der Waals surface area contributed by atoms with Crippen LogP contribution in [0, 0.1) is 5.92 Å². The minimum Gasteiger partial charge on any atom is -0.480 e. The molecule has 1 heterocycles. The van der Waals surface area contributed by atoms with E-state index in [9.17, 15) is 19.2 Å². The highest BCUT2D eigenvalue weighted by atomic mass is 32.1. The maximum atomic E-state index is 12.8. The number of carbonyl (C=O) groups is 4. The molecule has 0 radical (unpaired) electrons. The Bertz CT molecular complexity index is 696. The van der Waals surface area contributed by atoms with E-state index < -0.39 is 41.8 Å². The molecule has 0 saturated carbocycles. The Morgan fingerprint density at radius 2 is 1.76 bits per heavy atom. The van der Waals surface area contributed by atoms with Crippen LogP contribution in [0.15, 0.2) is 12.5 Å². The van der Waals surface area contributed by atoms with Gasteiger partial charge in [-0.05, 0) is 12.3 Å². The number of imidazole rings is 1. The van der Waals surface area contributed by atoms with E-state index in [1.807, 2.05) is 13.8 Å².